The number of pyridine rings is 2. The van der Waals surface area contributed by atoms with Crippen molar-refractivity contribution in [3.8, 4) is 22.8 Å². The molecule has 1 aromatic carbocycles. The number of ether oxygens (including phenoxy) is 2. The first kappa shape index (κ1) is 31.8. The molecule has 45 heavy (non-hydrogen) atoms. The van der Waals surface area contributed by atoms with E-state index in [0.29, 0.717) is 0 Å². The van der Waals surface area contributed by atoms with Crippen molar-refractivity contribution in [1.82, 2.24) is 19.7 Å². The van der Waals surface area contributed by atoms with Crippen LogP contribution in [-0.2, 0) is 15.8 Å². The summed E-state index contributed by atoms with van der Waals surface area (Å²) in [6, 6.07) is 5.03. The van der Waals surface area contributed by atoms with Gasteiger partial charge in [0.15, 0.2) is 11.4 Å². The van der Waals surface area contributed by atoms with Crippen LogP contribution in [-0.4, -0.2) is 57.7 Å². The standard InChI is InChI=1S/C28H22ClF6N5O5/c1-26(25(36)42)11-45-21-14(26)7-19(39-20(21)12-3-4-16(30)15(29)5-12)27(43,28(33,34)35)10-37-24(41)13-6-18(44-2)23-38-17(22(31)32)9-40(23)8-13/h3-9,22,43H,10-11H2,1-2H3,(H2,36,42)(H,37,41)/t26-,27?/m0/s1. The van der Waals surface area contributed by atoms with Gasteiger partial charge in [0.1, 0.15) is 35.0 Å². The lowest BCUT2D eigenvalue weighted by Crippen LogP contribution is -2.51. The molecule has 0 radical (unpaired) electrons. The highest BCUT2D eigenvalue weighted by atomic mass is 35.5. The van der Waals surface area contributed by atoms with Crippen LogP contribution in [0, 0.1) is 5.82 Å². The number of hydrogen-bond donors (Lipinski definition) is 3. The van der Waals surface area contributed by atoms with Gasteiger partial charge in [0.2, 0.25) is 11.5 Å². The third-order valence-corrected chi connectivity index (χ3v) is 7.74. The molecular formula is C28H22ClF6N5O5. The molecule has 238 valence electrons. The van der Waals surface area contributed by atoms with Gasteiger partial charge in [0.05, 0.1) is 29.9 Å². The zero-order valence-corrected chi connectivity index (χ0v) is 23.9. The maximum Gasteiger partial charge on any atom is 0.424 e. The van der Waals surface area contributed by atoms with Crippen molar-refractivity contribution in [2.45, 2.75) is 30.5 Å². The molecule has 0 aliphatic carbocycles. The third kappa shape index (κ3) is 5.37. The highest BCUT2D eigenvalue weighted by molar-refractivity contribution is 6.31. The van der Waals surface area contributed by atoms with E-state index in [1.165, 1.54) is 14.0 Å². The van der Waals surface area contributed by atoms with Crippen molar-refractivity contribution in [2.24, 2.45) is 5.73 Å². The molecule has 2 atom stereocenters. The molecule has 0 bridgehead atoms. The van der Waals surface area contributed by atoms with E-state index in [4.69, 9.17) is 26.8 Å². The lowest BCUT2D eigenvalue weighted by atomic mass is 9.81. The average Bonchev–Trinajstić information content (AvgIpc) is 3.58. The lowest BCUT2D eigenvalue weighted by molar-refractivity contribution is -0.265. The summed E-state index contributed by atoms with van der Waals surface area (Å²) in [6.07, 6.45) is -6.47. The molecule has 0 fully saturated rings. The lowest BCUT2D eigenvalue weighted by Gasteiger charge is -2.31. The minimum atomic E-state index is -5.47. The Hall–Kier alpha value is -4.57. The fourth-order valence-corrected chi connectivity index (χ4v) is 4.93. The van der Waals surface area contributed by atoms with Gasteiger partial charge in [-0.25, -0.2) is 23.1 Å². The Morgan fingerprint density at radius 3 is 2.53 bits per heavy atom. The number of alkyl halides is 5. The van der Waals surface area contributed by atoms with Gasteiger partial charge < -0.3 is 30.0 Å². The summed E-state index contributed by atoms with van der Waals surface area (Å²) >= 11 is 5.89. The number of carbonyl (C=O) groups is 2. The van der Waals surface area contributed by atoms with E-state index in [-0.39, 0.29) is 46.1 Å². The predicted octanol–water partition coefficient (Wildman–Crippen LogP) is 4.45. The second-order valence-electron chi connectivity index (χ2n) is 10.4. The number of methoxy groups -OCH3 is 1. The van der Waals surface area contributed by atoms with Gasteiger partial charge in [-0.1, -0.05) is 11.6 Å². The minimum Gasteiger partial charge on any atom is -0.493 e. The highest BCUT2D eigenvalue weighted by Gasteiger charge is 2.57. The number of halogens is 7. The van der Waals surface area contributed by atoms with Crippen LogP contribution < -0.4 is 20.5 Å². The van der Waals surface area contributed by atoms with Crippen LogP contribution in [0.15, 0.2) is 42.7 Å². The second-order valence-corrected chi connectivity index (χ2v) is 10.8. The van der Waals surface area contributed by atoms with Crippen molar-refractivity contribution in [3.05, 3.63) is 76.1 Å². The van der Waals surface area contributed by atoms with Crippen molar-refractivity contribution in [2.75, 3.05) is 20.3 Å². The van der Waals surface area contributed by atoms with E-state index >= 15 is 0 Å². The van der Waals surface area contributed by atoms with Gasteiger partial charge in [-0.15, -0.1) is 0 Å². The monoisotopic (exact) mass is 657 g/mol. The molecule has 10 nitrogen and oxygen atoms in total. The number of hydrogen-bond acceptors (Lipinski definition) is 7. The number of amides is 2. The number of benzene rings is 1. The van der Waals surface area contributed by atoms with Crippen LogP contribution in [0.2, 0.25) is 5.02 Å². The molecule has 2 amide bonds. The van der Waals surface area contributed by atoms with E-state index in [2.05, 4.69) is 9.97 Å². The van der Waals surface area contributed by atoms with E-state index in [1.54, 1.807) is 0 Å². The van der Waals surface area contributed by atoms with Gasteiger partial charge in [-0.3, -0.25) is 9.59 Å². The molecule has 0 saturated carbocycles. The molecule has 4 aromatic rings. The maximum atomic E-state index is 14.7. The SMILES string of the molecule is COc1cc(C(=O)NCC(O)(c2cc3c(c(-c4ccc(F)c(Cl)c4)n2)OC[C@]3(C)C(N)=O)C(F)(F)F)cn2cc(C(F)F)nc12. The number of imidazole rings is 1. The summed E-state index contributed by atoms with van der Waals surface area (Å²) in [6.45, 7) is -0.553. The molecule has 0 saturated heterocycles. The first-order chi connectivity index (χ1) is 21.0. The zero-order valence-electron chi connectivity index (χ0n) is 23.2. The number of aliphatic hydroxyl groups is 1. The van der Waals surface area contributed by atoms with Crippen molar-refractivity contribution in [3.63, 3.8) is 0 Å². The Kier molecular flexibility index (Phi) is 7.85. The molecule has 1 unspecified atom stereocenters. The Morgan fingerprint density at radius 2 is 1.93 bits per heavy atom. The average molecular weight is 658 g/mol. The smallest absolute Gasteiger partial charge is 0.424 e. The summed E-state index contributed by atoms with van der Waals surface area (Å²) in [7, 11) is 1.17. The van der Waals surface area contributed by atoms with E-state index < -0.39 is 64.2 Å². The Morgan fingerprint density at radius 1 is 1.22 bits per heavy atom. The van der Waals surface area contributed by atoms with Crippen LogP contribution in [0.1, 0.15) is 40.7 Å². The fraction of sp³-hybridized carbons (Fsp3) is 0.286. The number of nitrogens with one attached hydrogen (secondary N) is 1. The summed E-state index contributed by atoms with van der Waals surface area (Å²) in [4.78, 5) is 33.2. The van der Waals surface area contributed by atoms with Gasteiger partial charge in [-0.2, -0.15) is 13.2 Å². The number of carbonyl (C=O) groups excluding carboxylic acids is 2. The molecule has 1 aliphatic heterocycles. The quantitative estimate of drug-likeness (QED) is 0.238. The fourth-order valence-electron chi connectivity index (χ4n) is 4.75. The predicted molar refractivity (Wildman–Crippen MR) is 146 cm³/mol. The number of nitrogens with zero attached hydrogens (tertiary/aromatic N) is 3. The van der Waals surface area contributed by atoms with Crippen LogP contribution >= 0.6 is 11.6 Å². The van der Waals surface area contributed by atoms with Gasteiger partial charge in [0, 0.05) is 23.5 Å². The number of nitrogens with two attached hydrogens (primary N) is 1. The normalized spacial score (nSPS) is 17.6. The summed E-state index contributed by atoms with van der Waals surface area (Å²) < 4.78 is 96.0. The number of primary amides is 1. The maximum absolute atomic E-state index is 14.7. The topological polar surface area (TPSA) is 141 Å². The van der Waals surface area contributed by atoms with Gasteiger partial charge in [0.25, 0.3) is 12.3 Å². The van der Waals surface area contributed by atoms with Crippen molar-refractivity contribution < 1.29 is 50.5 Å². The summed E-state index contributed by atoms with van der Waals surface area (Å²) in [5.41, 5.74) is -2.51. The molecule has 1 aliphatic rings. The molecule has 5 rings (SSSR count). The Balaban J connectivity index is 1.59. The highest BCUT2D eigenvalue weighted by Crippen LogP contribution is 2.48. The van der Waals surface area contributed by atoms with Gasteiger partial charge >= 0.3 is 6.18 Å². The van der Waals surface area contributed by atoms with Crippen molar-refractivity contribution >= 4 is 29.1 Å². The summed E-state index contributed by atoms with van der Waals surface area (Å²) in [5.74, 6) is -3.21. The van der Waals surface area contributed by atoms with Crippen molar-refractivity contribution in [1.29, 1.82) is 0 Å². The largest absolute Gasteiger partial charge is 0.493 e. The molecular weight excluding hydrogens is 636 g/mol. The molecule has 3 aromatic heterocycles. The number of rotatable bonds is 8. The van der Waals surface area contributed by atoms with E-state index in [9.17, 15) is 41.0 Å². The van der Waals surface area contributed by atoms with Crippen LogP contribution in [0.5, 0.6) is 11.5 Å². The zero-order chi connectivity index (χ0) is 33.1. The first-order valence-electron chi connectivity index (χ1n) is 12.9. The molecule has 0 spiro atoms. The summed E-state index contributed by atoms with van der Waals surface area (Å²) in [5, 5.41) is 12.8. The molecule has 17 heteroatoms. The molecule has 4 N–H and O–H groups in total. The van der Waals surface area contributed by atoms with Gasteiger partial charge in [-0.05, 0) is 37.3 Å². The second kappa shape index (κ2) is 11.1. The Bertz CT molecular complexity index is 1850. The van der Waals surface area contributed by atoms with E-state index in [0.717, 1.165) is 47.1 Å². The van der Waals surface area contributed by atoms with E-state index in [1.807, 2.05) is 5.32 Å². The van der Waals surface area contributed by atoms with Crippen LogP contribution in [0.4, 0.5) is 26.3 Å². The van der Waals surface area contributed by atoms with Crippen LogP contribution in [0.3, 0.4) is 0 Å². The Labute approximate surface area is 254 Å². The number of fused-ring (bicyclic) bond motifs is 2. The molecule has 4 heterocycles. The third-order valence-electron chi connectivity index (χ3n) is 7.45. The first-order valence-corrected chi connectivity index (χ1v) is 13.2. The number of aromatic nitrogens is 3. The van der Waals surface area contributed by atoms with Crippen LogP contribution in [0.25, 0.3) is 16.9 Å². The minimum absolute atomic E-state index is 0.00863.